The number of ketones is 1. The first-order valence-electron chi connectivity index (χ1n) is 5.20. The Morgan fingerprint density at radius 3 is 2.44 bits per heavy atom. The number of Topliss-reactive ketones (excluding diaryl/α,β-unsaturated/α-hetero) is 1. The minimum Gasteiger partial charge on any atom is -0.285 e. The van der Waals surface area contributed by atoms with E-state index in [2.05, 4.69) is 16.0 Å². The molecule has 0 bridgehead atoms. The van der Waals surface area contributed by atoms with Gasteiger partial charge in [-0.15, -0.1) is 0 Å². The van der Waals surface area contributed by atoms with Crippen LogP contribution in [0.25, 0.3) is 0 Å². The Morgan fingerprint density at radius 2 is 1.94 bits per heavy atom. The van der Waals surface area contributed by atoms with E-state index in [4.69, 9.17) is 0 Å². The number of hydrogen-bond donors (Lipinski definition) is 0. The van der Waals surface area contributed by atoms with Crippen LogP contribution in [-0.4, -0.2) is 27.1 Å². The van der Waals surface area contributed by atoms with Crippen LogP contribution in [0.5, 0.6) is 0 Å². The van der Waals surface area contributed by atoms with E-state index < -0.39 is 10.1 Å². The zero-order chi connectivity index (χ0) is 12.6. The van der Waals surface area contributed by atoms with Crippen LogP contribution in [0.1, 0.15) is 33.1 Å². The zero-order valence-electron chi connectivity index (χ0n) is 9.95. The summed E-state index contributed by atoms with van der Waals surface area (Å²) in [5.74, 6) is 5.18. The van der Waals surface area contributed by atoms with Gasteiger partial charge in [0.2, 0.25) is 5.78 Å². The molecule has 0 aromatic heterocycles. The van der Waals surface area contributed by atoms with E-state index in [9.17, 15) is 13.2 Å². The van der Waals surface area contributed by atoms with E-state index in [0.717, 1.165) is 12.7 Å². The predicted molar refractivity (Wildman–Crippen MR) is 62.3 cm³/mol. The van der Waals surface area contributed by atoms with E-state index in [-0.39, 0.29) is 18.3 Å². The molecule has 0 saturated carbocycles. The Morgan fingerprint density at radius 1 is 1.31 bits per heavy atom. The molecule has 0 rings (SSSR count). The summed E-state index contributed by atoms with van der Waals surface area (Å²) >= 11 is 0. The Balaban J connectivity index is 3.58. The van der Waals surface area contributed by atoms with Crippen molar-refractivity contribution in [2.45, 2.75) is 33.1 Å². The molecule has 0 aliphatic heterocycles. The highest BCUT2D eigenvalue weighted by atomic mass is 32.2. The monoisotopic (exact) mass is 246 g/mol. The maximum atomic E-state index is 11.1. The van der Waals surface area contributed by atoms with Crippen molar-refractivity contribution >= 4 is 15.9 Å². The highest BCUT2D eigenvalue weighted by molar-refractivity contribution is 7.85. The number of unbranched alkanes of at least 4 members (excludes halogenated alkanes) is 2. The number of carbonyl (C=O) groups is 1. The van der Waals surface area contributed by atoms with Gasteiger partial charge in [-0.2, -0.15) is 8.42 Å². The van der Waals surface area contributed by atoms with Crippen molar-refractivity contribution in [3.8, 4) is 11.8 Å². The molecule has 0 radical (unpaired) electrons. The Hall–Kier alpha value is -0.860. The third-order valence-corrected chi connectivity index (χ3v) is 2.32. The minimum absolute atomic E-state index is 0.0546. The minimum atomic E-state index is -3.33. The van der Waals surface area contributed by atoms with Gasteiger partial charge < -0.3 is 0 Å². The molecule has 0 amide bonds. The number of rotatable bonds is 6. The molecule has 0 fully saturated rings. The van der Waals surface area contributed by atoms with E-state index in [1.807, 2.05) is 0 Å². The summed E-state index contributed by atoms with van der Waals surface area (Å²) < 4.78 is 25.7. The molecule has 0 atom stereocenters. The molecule has 16 heavy (non-hydrogen) atoms. The molecule has 0 unspecified atom stereocenters. The third kappa shape index (κ3) is 9.69. The van der Waals surface area contributed by atoms with Crippen LogP contribution in [-0.2, 0) is 19.1 Å². The summed E-state index contributed by atoms with van der Waals surface area (Å²) in [6.07, 6.45) is 2.96. The molecule has 0 spiro atoms. The highest BCUT2D eigenvalue weighted by Gasteiger charge is 2.01. The molecule has 0 saturated heterocycles. The fourth-order valence-electron chi connectivity index (χ4n) is 0.820. The van der Waals surface area contributed by atoms with E-state index >= 15 is 0 Å². The standard InChI is InChI=1S/C11H18O4S/c1-10(2)11(12)8-6-4-5-7-9-15-16(3,13)14/h10H,4-5,7,9H2,1-3H3. The van der Waals surface area contributed by atoms with Crippen molar-refractivity contribution < 1.29 is 17.4 Å². The SMILES string of the molecule is CC(C)C(=O)C#CCCCCOS(C)(=O)=O. The molecule has 4 nitrogen and oxygen atoms in total. The molecule has 0 aliphatic rings. The van der Waals surface area contributed by atoms with Crippen LogP contribution < -0.4 is 0 Å². The first-order chi connectivity index (χ1) is 7.33. The van der Waals surface area contributed by atoms with Crippen LogP contribution >= 0.6 is 0 Å². The Labute approximate surface area is 97.5 Å². The largest absolute Gasteiger partial charge is 0.285 e. The molecular weight excluding hydrogens is 228 g/mol. The zero-order valence-corrected chi connectivity index (χ0v) is 10.8. The third-order valence-electron chi connectivity index (χ3n) is 1.73. The molecular formula is C11H18O4S. The van der Waals surface area contributed by atoms with Gasteiger partial charge in [-0.3, -0.25) is 8.98 Å². The fraction of sp³-hybridized carbons (Fsp3) is 0.727. The van der Waals surface area contributed by atoms with Crippen LogP contribution in [0.2, 0.25) is 0 Å². The average Bonchev–Trinajstić information content (AvgIpc) is 2.14. The maximum absolute atomic E-state index is 11.1. The van der Waals surface area contributed by atoms with Gasteiger partial charge in [-0.1, -0.05) is 19.8 Å². The smallest absolute Gasteiger partial charge is 0.264 e. The van der Waals surface area contributed by atoms with E-state index in [1.54, 1.807) is 13.8 Å². The highest BCUT2D eigenvalue weighted by Crippen LogP contribution is 1.98. The maximum Gasteiger partial charge on any atom is 0.264 e. The van der Waals surface area contributed by atoms with Crippen LogP contribution in [0.3, 0.4) is 0 Å². The second-order valence-corrected chi connectivity index (χ2v) is 5.45. The number of carbonyl (C=O) groups excluding carboxylic acids is 1. The predicted octanol–water partition coefficient (Wildman–Crippen LogP) is 1.36. The van der Waals surface area contributed by atoms with Gasteiger partial charge in [0, 0.05) is 12.3 Å². The van der Waals surface area contributed by atoms with Crippen LogP contribution in [0, 0.1) is 17.8 Å². The van der Waals surface area contributed by atoms with Gasteiger partial charge in [0.25, 0.3) is 10.1 Å². The van der Waals surface area contributed by atoms with Crippen molar-refractivity contribution in [2.75, 3.05) is 12.9 Å². The molecule has 0 aromatic rings. The lowest BCUT2D eigenvalue weighted by molar-refractivity contribution is -0.116. The molecule has 5 heteroatoms. The van der Waals surface area contributed by atoms with Crippen molar-refractivity contribution in [3.63, 3.8) is 0 Å². The van der Waals surface area contributed by atoms with Gasteiger partial charge in [0.1, 0.15) is 0 Å². The van der Waals surface area contributed by atoms with E-state index in [0.29, 0.717) is 12.8 Å². The molecule has 0 aromatic carbocycles. The van der Waals surface area contributed by atoms with Crippen LogP contribution in [0.4, 0.5) is 0 Å². The van der Waals surface area contributed by atoms with Gasteiger partial charge >= 0.3 is 0 Å². The second-order valence-electron chi connectivity index (χ2n) is 3.80. The van der Waals surface area contributed by atoms with Crippen molar-refractivity contribution in [2.24, 2.45) is 5.92 Å². The number of hydrogen-bond acceptors (Lipinski definition) is 4. The van der Waals surface area contributed by atoms with Gasteiger partial charge in [0.05, 0.1) is 12.9 Å². The van der Waals surface area contributed by atoms with Gasteiger partial charge in [-0.25, -0.2) is 0 Å². The summed E-state index contributed by atoms with van der Waals surface area (Å²) in [6, 6.07) is 0. The summed E-state index contributed by atoms with van der Waals surface area (Å²) in [4.78, 5) is 11.1. The first kappa shape index (κ1) is 15.1. The lowest BCUT2D eigenvalue weighted by atomic mass is 10.1. The van der Waals surface area contributed by atoms with Gasteiger partial charge in [-0.05, 0) is 18.8 Å². The first-order valence-corrected chi connectivity index (χ1v) is 7.01. The normalized spacial score (nSPS) is 11.0. The summed E-state index contributed by atoms with van der Waals surface area (Å²) in [5.41, 5.74) is 0. The van der Waals surface area contributed by atoms with Crippen molar-refractivity contribution in [1.82, 2.24) is 0 Å². The topological polar surface area (TPSA) is 60.4 Å². The summed E-state index contributed by atoms with van der Waals surface area (Å²) in [7, 11) is -3.33. The van der Waals surface area contributed by atoms with Gasteiger partial charge in [0.15, 0.2) is 0 Å². The lowest BCUT2D eigenvalue weighted by Gasteiger charge is -1.98. The molecule has 0 heterocycles. The van der Waals surface area contributed by atoms with Crippen molar-refractivity contribution in [1.29, 1.82) is 0 Å². The van der Waals surface area contributed by atoms with Crippen molar-refractivity contribution in [3.05, 3.63) is 0 Å². The molecule has 92 valence electrons. The molecule has 0 N–H and O–H groups in total. The Kier molecular flexibility index (Phi) is 7.02. The van der Waals surface area contributed by atoms with Crippen LogP contribution in [0.15, 0.2) is 0 Å². The quantitative estimate of drug-likeness (QED) is 0.307. The summed E-state index contributed by atoms with van der Waals surface area (Å²) in [5, 5.41) is 0. The summed E-state index contributed by atoms with van der Waals surface area (Å²) in [6.45, 7) is 3.78. The average molecular weight is 246 g/mol. The van der Waals surface area contributed by atoms with E-state index in [1.165, 1.54) is 0 Å². The second kappa shape index (κ2) is 7.42. The lowest BCUT2D eigenvalue weighted by Crippen LogP contribution is -2.04. The molecule has 0 aliphatic carbocycles. The fourth-order valence-corrected chi connectivity index (χ4v) is 1.24. The Bertz CT molecular complexity index is 371.